The number of nitrogens with one attached hydrogen (secondary N) is 1. The Hall–Kier alpha value is -1.32. The summed E-state index contributed by atoms with van der Waals surface area (Å²) in [4.78, 5) is 8.13. The number of likely N-dealkylation sites (N-methyl/N-ethyl adjacent to an activating group) is 1. The van der Waals surface area contributed by atoms with Crippen LogP contribution in [0.2, 0.25) is 0 Å². The van der Waals surface area contributed by atoms with Crippen LogP contribution >= 0.6 is 0 Å². The summed E-state index contributed by atoms with van der Waals surface area (Å²) in [6.45, 7) is 4.41. The Morgan fingerprint density at radius 3 is 2.88 bits per heavy atom. The molecule has 1 N–H and O–H groups in total. The molecule has 0 spiro atoms. The molecule has 2 aromatic rings. The van der Waals surface area contributed by atoms with Crippen LogP contribution in [0.4, 0.5) is 0 Å². The highest BCUT2D eigenvalue weighted by Crippen LogP contribution is 2.29. The van der Waals surface area contributed by atoms with Gasteiger partial charge >= 0.3 is 0 Å². The molecule has 0 fully saturated rings. The molecule has 0 saturated heterocycles. The molecule has 0 saturated carbocycles. The maximum atomic E-state index is 3.37. The summed E-state index contributed by atoms with van der Waals surface area (Å²) in [5, 5.41) is 1.45. The highest BCUT2D eigenvalue weighted by molar-refractivity contribution is 5.87. The molecule has 1 aromatic heterocycles. The van der Waals surface area contributed by atoms with Crippen LogP contribution in [0.15, 0.2) is 24.4 Å². The molecule has 3 heteroatoms. The van der Waals surface area contributed by atoms with Crippen LogP contribution in [0.25, 0.3) is 10.9 Å². The predicted molar refractivity (Wildman–Crippen MR) is 71.0 cm³/mol. The van der Waals surface area contributed by atoms with Gasteiger partial charge in [0.2, 0.25) is 0 Å². The van der Waals surface area contributed by atoms with E-state index in [0.717, 1.165) is 26.2 Å². The predicted octanol–water partition coefficient (Wildman–Crippen LogP) is 2.05. The fourth-order valence-corrected chi connectivity index (χ4v) is 2.63. The van der Waals surface area contributed by atoms with Gasteiger partial charge in [0.15, 0.2) is 0 Å². The average Bonchev–Trinajstić information content (AvgIpc) is 2.72. The van der Waals surface area contributed by atoms with E-state index < -0.39 is 0 Å². The Labute approximate surface area is 102 Å². The van der Waals surface area contributed by atoms with Crippen molar-refractivity contribution < 1.29 is 0 Å². The zero-order valence-corrected chi connectivity index (χ0v) is 10.5. The van der Waals surface area contributed by atoms with Crippen molar-refractivity contribution in [2.45, 2.75) is 13.1 Å². The molecule has 90 valence electrons. The summed E-state index contributed by atoms with van der Waals surface area (Å²) in [5.41, 5.74) is 4.19. The first-order valence-corrected chi connectivity index (χ1v) is 6.19. The number of hydrogen-bond acceptors (Lipinski definition) is 2. The first-order chi connectivity index (χ1) is 8.24. The Bertz CT molecular complexity index is 527. The van der Waals surface area contributed by atoms with E-state index in [1.54, 1.807) is 0 Å². The lowest BCUT2D eigenvalue weighted by atomic mass is 10.0. The highest BCUT2D eigenvalue weighted by atomic mass is 15.2. The summed E-state index contributed by atoms with van der Waals surface area (Å²) in [5.74, 6) is 0. The van der Waals surface area contributed by atoms with Crippen LogP contribution < -0.4 is 0 Å². The Kier molecular flexibility index (Phi) is 2.65. The summed E-state index contributed by atoms with van der Waals surface area (Å²) >= 11 is 0. The van der Waals surface area contributed by atoms with Gasteiger partial charge in [0, 0.05) is 43.3 Å². The molecular formula is C14H19N3. The van der Waals surface area contributed by atoms with Crippen molar-refractivity contribution in [3.63, 3.8) is 0 Å². The van der Waals surface area contributed by atoms with Crippen molar-refractivity contribution >= 4 is 10.9 Å². The van der Waals surface area contributed by atoms with Gasteiger partial charge in [0.05, 0.1) is 0 Å². The Balaban J connectivity index is 1.86. The fraction of sp³-hybridized carbons (Fsp3) is 0.429. The van der Waals surface area contributed by atoms with E-state index in [9.17, 15) is 0 Å². The maximum absolute atomic E-state index is 3.37. The average molecular weight is 229 g/mol. The molecule has 17 heavy (non-hydrogen) atoms. The highest BCUT2D eigenvalue weighted by Gasteiger charge is 2.18. The lowest BCUT2D eigenvalue weighted by Gasteiger charge is -2.28. The molecule has 0 radical (unpaired) electrons. The van der Waals surface area contributed by atoms with Crippen LogP contribution in [0.3, 0.4) is 0 Å². The molecule has 0 atom stereocenters. The van der Waals surface area contributed by atoms with Crippen molar-refractivity contribution in [3.8, 4) is 0 Å². The summed E-state index contributed by atoms with van der Waals surface area (Å²) in [6.07, 6.45) is 2.16. The van der Waals surface area contributed by atoms with Gasteiger partial charge in [-0.1, -0.05) is 12.1 Å². The van der Waals surface area contributed by atoms with Gasteiger partial charge in [-0.25, -0.2) is 0 Å². The smallest absolute Gasteiger partial charge is 0.0460 e. The van der Waals surface area contributed by atoms with Gasteiger partial charge in [-0.05, 0) is 31.3 Å². The molecule has 1 aromatic carbocycles. The van der Waals surface area contributed by atoms with Crippen LogP contribution in [0, 0.1) is 0 Å². The third-order valence-corrected chi connectivity index (χ3v) is 3.53. The molecule has 0 bridgehead atoms. The molecule has 3 nitrogen and oxygen atoms in total. The van der Waals surface area contributed by atoms with Crippen LogP contribution in [-0.4, -0.2) is 42.0 Å². The molecule has 1 aliphatic rings. The minimum Gasteiger partial charge on any atom is -0.361 e. The van der Waals surface area contributed by atoms with E-state index in [0.29, 0.717) is 0 Å². The summed E-state index contributed by atoms with van der Waals surface area (Å²) in [6, 6.07) is 6.56. The van der Waals surface area contributed by atoms with E-state index in [1.807, 2.05) is 0 Å². The van der Waals surface area contributed by atoms with Gasteiger partial charge < -0.3 is 9.88 Å². The minimum absolute atomic E-state index is 1.07. The number of nitrogens with zero attached hydrogens (tertiary/aromatic N) is 2. The maximum Gasteiger partial charge on any atom is 0.0460 e. The zero-order chi connectivity index (χ0) is 11.8. The third-order valence-electron chi connectivity index (χ3n) is 3.53. The molecule has 0 aliphatic carbocycles. The monoisotopic (exact) mass is 229 g/mol. The molecule has 0 unspecified atom stereocenters. The normalized spacial score (nSPS) is 15.9. The molecular weight excluding hydrogens is 210 g/mol. The molecule has 3 rings (SSSR count). The van der Waals surface area contributed by atoms with Crippen LogP contribution in [0.5, 0.6) is 0 Å². The number of aromatic nitrogens is 1. The lowest BCUT2D eigenvalue weighted by Crippen LogP contribution is -2.32. The standard InChI is InChI=1S/C14H19N3/c1-16(2)6-7-17-9-11-4-3-5-13-14(11)12(10-17)8-15-13/h3-5,8,15H,6-7,9-10H2,1-2H3. The van der Waals surface area contributed by atoms with Crippen molar-refractivity contribution in [2.75, 3.05) is 27.2 Å². The van der Waals surface area contributed by atoms with Crippen molar-refractivity contribution in [1.29, 1.82) is 0 Å². The van der Waals surface area contributed by atoms with Gasteiger partial charge in [-0.15, -0.1) is 0 Å². The first-order valence-electron chi connectivity index (χ1n) is 6.19. The molecule has 1 aliphatic heterocycles. The largest absolute Gasteiger partial charge is 0.361 e. The van der Waals surface area contributed by atoms with Crippen molar-refractivity contribution in [2.24, 2.45) is 0 Å². The zero-order valence-electron chi connectivity index (χ0n) is 10.5. The number of hydrogen-bond donors (Lipinski definition) is 1. The molecule has 0 amide bonds. The minimum atomic E-state index is 1.07. The second-order valence-corrected chi connectivity index (χ2v) is 5.17. The molecule has 2 heterocycles. The van der Waals surface area contributed by atoms with Crippen LogP contribution in [-0.2, 0) is 13.1 Å². The number of benzene rings is 1. The van der Waals surface area contributed by atoms with E-state index in [1.165, 1.54) is 22.0 Å². The summed E-state index contributed by atoms with van der Waals surface area (Å²) in [7, 11) is 4.26. The Morgan fingerprint density at radius 2 is 2.06 bits per heavy atom. The number of H-pyrrole nitrogens is 1. The topological polar surface area (TPSA) is 22.3 Å². The quantitative estimate of drug-likeness (QED) is 0.870. The fourth-order valence-electron chi connectivity index (χ4n) is 2.63. The third kappa shape index (κ3) is 1.96. The number of rotatable bonds is 3. The number of aromatic amines is 1. The van der Waals surface area contributed by atoms with Gasteiger partial charge in [0.25, 0.3) is 0 Å². The van der Waals surface area contributed by atoms with Gasteiger partial charge in [0.1, 0.15) is 0 Å². The van der Waals surface area contributed by atoms with E-state index in [2.05, 4.69) is 53.3 Å². The van der Waals surface area contributed by atoms with E-state index >= 15 is 0 Å². The van der Waals surface area contributed by atoms with Gasteiger partial charge in [-0.2, -0.15) is 0 Å². The van der Waals surface area contributed by atoms with Crippen molar-refractivity contribution in [3.05, 3.63) is 35.5 Å². The van der Waals surface area contributed by atoms with E-state index in [4.69, 9.17) is 0 Å². The first kappa shape index (κ1) is 10.8. The summed E-state index contributed by atoms with van der Waals surface area (Å²) < 4.78 is 0. The lowest BCUT2D eigenvalue weighted by molar-refractivity contribution is 0.223. The van der Waals surface area contributed by atoms with Gasteiger partial charge in [-0.3, -0.25) is 4.90 Å². The second kappa shape index (κ2) is 4.17. The van der Waals surface area contributed by atoms with E-state index in [-0.39, 0.29) is 0 Å². The van der Waals surface area contributed by atoms with Crippen LogP contribution in [0.1, 0.15) is 11.1 Å². The SMILES string of the molecule is CN(C)CCN1Cc2cccc3[nH]cc(c23)C1. The Morgan fingerprint density at radius 1 is 1.24 bits per heavy atom. The second-order valence-electron chi connectivity index (χ2n) is 5.17. The van der Waals surface area contributed by atoms with Crippen molar-refractivity contribution in [1.82, 2.24) is 14.8 Å².